The van der Waals surface area contributed by atoms with Crippen LogP contribution in [-0.2, 0) is 0 Å². The van der Waals surface area contributed by atoms with E-state index < -0.39 is 0 Å². The van der Waals surface area contributed by atoms with Crippen molar-refractivity contribution in [2.45, 2.75) is 38.5 Å². The van der Waals surface area contributed by atoms with Crippen LogP contribution in [0.15, 0.2) is 0 Å². The molecule has 1 heteroatoms. The summed E-state index contributed by atoms with van der Waals surface area (Å²) < 4.78 is 0. The van der Waals surface area contributed by atoms with Crippen LogP contribution in [-0.4, -0.2) is 5.38 Å². The third kappa shape index (κ3) is 5.98. The molecule has 0 aromatic rings. The summed E-state index contributed by atoms with van der Waals surface area (Å²) in [6.07, 6.45) is 8.03. The minimum Gasteiger partial charge on any atom is -0.122 e. The van der Waals surface area contributed by atoms with Crippen LogP contribution in [0.25, 0.3) is 0 Å². The van der Waals surface area contributed by atoms with Crippen LogP contribution in [0.3, 0.4) is 0 Å². The molecule has 0 spiro atoms. The van der Waals surface area contributed by atoms with E-state index in [9.17, 15) is 0 Å². The summed E-state index contributed by atoms with van der Waals surface area (Å²) in [5.74, 6) is 3.29. The molecule has 10 heavy (non-hydrogen) atoms. The lowest BCUT2D eigenvalue weighted by atomic mass is 10.1. The average Bonchev–Trinajstić information content (AvgIpc) is 1.85. The Labute approximate surface area is 69.0 Å². The minimum atomic E-state index is 0.187. The average molecular weight is 159 g/mol. The molecule has 0 fully saturated rings. The molecular formula is C9H15Cl. The first-order valence-electron chi connectivity index (χ1n) is 3.74. The van der Waals surface area contributed by atoms with E-state index in [2.05, 4.69) is 19.8 Å². The predicted molar refractivity (Wildman–Crippen MR) is 47.2 cm³/mol. The van der Waals surface area contributed by atoms with Crippen LogP contribution in [0, 0.1) is 18.3 Å². The Balaban J connectivity index is 3.23. The van der Waals surface area contributed by atoms with Crippen molar-refractivity contribution in [3.8, 4) is 12.3 Å². The summed E-state index contributed by atoms with van der Waals surface area (Å²) in [6, 6.07) is 0. The fourth-order valence-corrected chi connectivity index (χ4v) is 0.959. The molecule has 0 aliphatic heterocycles. The van der Waals surface area contributed by atoms with Crippen LogP contribution in [0.1, 0.15) is 33.1 Å². The van der Waals surface area contributed by atoms with E-state index >= 15 is 0 Å². The quantitative estimate of drug-likeness (QED) is 0.436. The Hall–Kier alpha value is -0.150. The molecule has 0 saturated carbocycles. The highest BCUT2D eigenvalue weighted by Crippen LogP contribution is 2.13. The fourth-order valence-electron chi connectivity index (χ4n) is 0.744. The maximum absolute atomic E-state index is 5.88. The predicted octanol–water partition coefficient (Wildman–Crippen LogP) is 3.05. The van der Waals surface area contributed by atoms with Crippen molar-refractivity contribution in [2.24, 2.45) is 5.92 Å². The Morgan fingerprint density at radius 1 is 1.40 bits per heavy atom. The van der Waals surface area contributed by atoms with Crippen molar-refractivity contribution >= 4 is 11.6 Å². The molecule has 0 bridgehead atoms. The zero-order valence-electron chi connectivity index (χ0n) is 6.73. The lowest BCUT2D eigenvalue weighted by Gasteiger charge is -2.06. The number of hydrogen-bond donors (Lipinski definition) is 0. The molecule has 58 valence electrons. The summed E-state index contributed by atoms with van der Waals surface area (Å²) >= 11 is 5.88. The van der Waals surface area contributed by atoms with Crippen LogP contribution in [0.5, 0.6) is 0 Å². The summed E-state index contributed by atoms with van der Waals surface area (Å²) in [5.41, 5.74) is 0. The van der Waals surface area contributed by atoms with Gasteiger partial charge in [-0.1, -0.05) is 13.8 Å². The van der Waals surface area contributed by atoms with E-state index in [4.69, 9.17) is 18.0 Å². The molecule has 0 aromatic heterocycles. The molecule has 0 amide bonds. The largest absolute Gasteiger partial charge is 0.122 e. The zero-order valence-corrected chi connectivity index (χ0v) is 7.49. The van der Waals surface area contributed by atoms with Gasteiger partial charge in [0.15, 0.2) is 0 Å². The monoisotopic (exact) mass is 158 g/mol. The third-order valence-electron chi connectivity index (χ3n) is 1.40. The van der Waals surface area contributed by atoms with Crippen LogP contribution in [0.4, 0.5) is 0 Å². The highest BCUT2D eigenvalue weighted by molar-refractivity contribution is 6.20. The van der Waals surface area contributed by atoms with Crippen molar-refractivity contribution in [3.63, 3.8) is 0 Å². The summed E-state index contributed by atoms with van der Waals surface area (Å²) in [7, 11) is 0. The molecule has 0 heterocycles. The highest BCUT2D eigenvalue weighted by Gasteiger charge is 2.02. The van der Waals surface area contributed by atoms with Crippen molar-refractivity contribution in [3.05, 3.63) is 0 Å². The molecule has 0 radical (unpaired) electrons. The van der Waals surface area contributed by atoms with Crippen molar-refractivity contribution in [1.29, 1.82) is 0 Å². The molecule has 0 aromatic carbocycles. The van der Waals surface area contributed by atoms with Crippen molar-refractivity contribution < 1.29 is 0 Å². The van der Waals surface area contributed by atoms with Gasteiger partial charge in [-0.2, -0.15) is 0 Å². The van der Waals surface area contributed by atoms with E-state index in [-0.39, 0.29) is 5.38 Å². The Morgan fingerprint density at radius 3 is 2.40 bits per heavy atom. The van der Waals surface area contributed by atoms with Crippen molar-refractivity contribution in [1.82, 2.24) is 0 Å². The molecular weight excluding hydrogens is 144 g/mol. The summed E-state index contributed by atoms with van der Waals surface area (Å²) in [6.45, 7) is 4.39. The van der Waals surface area contributed by atoms with E-state index in [0.717, 1.165) is 12.3 Å². The van der Waals surface area contributed by atoms with Gasteiger partial charge in [-0.3, -0.25) is 0 Å². The Bertz CT molecular complexity index is 110. The number of halogens is 1. The van der Waals surface area contributed by atoms with Gasteiger partial charge in [-0.15, -0.1) is 23.9 Å². The van der Waals surface area contributed by atoms with Crippen LogP contribution >= 0.6 is 11.6 Å². The molecule has 0 N–H and O–H groups in total. The SMILES string of the molecule is C#CCC(Cl)CCC(C)C. The zero-order chi connectivity index (χ0) is 7.98. The Kier molecular flexibility index (Phi) is 5.54. The topological polar surface area (TPSA) is 0 Å². The molecule has 1 unspecified atom stereocenters. The number of hydrogen-bond acceptors (Lipinski definition) is 0. The first-order chi connectivity index (χ1) is 4.66. The van der Waals surface area contributed by atoms with Gasteiger partial charge >= 0.3 is 0 Å². The van der Waals surface area contributed by atoms with E-state index in [1.54, 1.807) is 0 Å². The number of terminal acetylenes is 1. The van der Waals surface area contributed by atoms with Crippen LogP contribution in [0.2, 0.25) is 0 Å². The lowest BCUT2D eigenvalue weighted by molar-refractivity contribution is 0.545. The van der Waals surface area contributed by atoms with Gasteiger partial charge in [0.25, 0.3) is 0 Å². The first-order valence-corrected chi connectivity index (χ1v) is 4.18. The van der Waals surface area contributed by atoms with Gasteiger partial charge in [0.1, 0.15) is 0 Å². The second kappa shape index (κ2) is 5.62. The molecule has 0 aliphatic rings. The fraction of sp³-hybridized carbons (Fsp3) is 0.778. The normalized spacial score (nSPS) is 13.1. The van der Waals surface area contributed by atoms with Gasteiger partial charge in [0.05, 0.1) is 0 Å². The van der Waals surface area contributed by atoms with Gasteiger partial charge in [0, 0.05) is 11.8 Å². The van der Waals surface area contributed by atoms with Gasteiger partial charge < -0.3 is 0 Å². The molecule has 0 nitrogen and oxygen atoms in total. The van der Waals surface area contributed by atoms with Crippen molar-refractivity contribution in [2.75, 3.05) is 0 Å². The van der Waals surface area contributed by atoms with E-state index in [1.807, 2.05) is 0 Å². The molecule has 0 rings (SSSR count). The maximum Gasteiger partial charge on any atom is 0.0445 e. The van der Waals surface area contributed by atoms with Crippen LogP contribution < -0.4 is 0 Å². The first kappa shape index (κ1) is 9.85. The smallest absolute Gasteiger partial charge is 0.0445 e. The van der Waals surface area contributed by atoms with E-state index in [1.165, 1.54) is 6.42 Å². The lowest BCUT2D eigenvalue weighted by Crippen LogP contribution is -1.99. The number of rotatable bonds is 4. The molecule has 0 aliphatic carbocycles. The second-order valence-corrected chi connectivity index (χ2v) is 3.59. The summed E-state index contributed by atoms with van der Waals surface area (Å²) in [5, 5.41) is 0.187. The third-order valence-corrected chi connectivity index (χ3v) is 1.77. The maximum atomic E-state index is 5.88. The summed E-state index contributed by atoms with van der Waals surface area (Å²) in [4.78, 5) is 0. The minimum absolute atomic E-state index is 0.187. The highest BCUT2D eigenvalue weighted by atomic mass is 35.5. The molecule has 1 atom stereocenters. The standard InChI is InChI=1S/C9H15Cl/c1-4-5-9(10)7-6-8(2)3/h1,8-9H,5-7H2,2-3H3. The van der Waals surface area contributed by atoms with Gasteiger partial charge in [0.2, 0.25) is 0 Å². The van der Waals surface area contributed by atoms with Gasteiger partial charge in [-0.25, -0.2) is 0 Å². The molecule has 0 saturated heterocycles. The second-order valence-electron chi connectivity index (χ2n) is 2.98. The number of alkyl halides is 1. The van der Waals surface area contributed by atoms with E-state index in [0.29, 0.717) is 6.42 Å². The Morgan fingerprint density at radius 2 is 2.00 bits per heavy atom. The van der Waals surface area contributed by atoms with Gasteiger partial charge in [-0.05, 0) is 18.8 Å².